The molecule has 2 aliphatic heterocycles. The summed E-state index contributed by atoms with van der Waals surface area (Å²) in [7, 11) is 5.61. The van der Waals surface area contributed by atoms with Crippen LogP contribution in [0.15, 0.2) is 42.9 Å². The van der Waals surface area contributed by atoms with Gasteiger partial charge in [-0.2, -0.15) is 0 Å². The van der Waals surface area contributed by atoms with Gasteiger partial charge in [-0.15, -0.1) is 0 Å². The van der Waals surface area contributed by atoms with Crippen LogP contribution in [0.1, 0.15) is 32.4 Å². The van der Waals surface area contributed by atoms with E-state index in [9.17, 15) is 10.1 Å². The Hall–Kier alpha value is -3.99. The summed E-state index contributed by atoms with van der Waals surface area (Å²) in [4.78, 5) is 31.7. The zero-order valence-electron chi connectivity index (χ0n) is 22.5. The molecule has 0 radical (unpaired) electrons. The van der Waals surface area contributed by atoms with E-state index < -0.39 is 0 Å². The topological polar surface area (TPSA) is 113 Å². The van der Waals surface area contributed by atoms with Crippen molar-refractivity contribution in [2.24, 2.45) is 0 Å². The first-order valence-corrected chi connectivity index (χ1v) is 12.8. The first-order chi connectivity index (χ1) is 18.2. The van der Waals surface area contributed by atoms with E-state index in [-0.39, 0.29) is 22.1 Å². The van der Waals surface area contributed by atoms with Gasteiger partial charge in [-0.05, 0) is 39.1 Å². The highest BCUT2D eigenvalue weighted by atomic mass is 16.6. The lowest BCUT2D eigenvalue weighted by molar-refractivity contribution is -0.384. The summed E-state index contributed by atoms with van der Waals surface area (Å²) in [5, 5.41) is 15.4. The van der Waals surface area contributed by atoms with Crippen LogP contribution in [0.3, 0.4) is 0 Å². The Labute approximate surface area is 222 Å². The van der Waals surface area contributed by atoms with Crippen LogP contribution in [0.2, 0.25) is 0 Å². The molecule has 4 heterocycles. The van der Waals surface area contributed by atoms with Crippen LogP contribution < -0.4 is 19.9 Å². The lowest BCUT2D eigenvalue weighted by Gasteiger charge is -2.29. The van der Waals surface area contributed by atoms with Gasteiger partial charge in [0.2, 0.25) is 0 Å². The molecule has 1 aromatic carbocycles. The van der Waals surface area contributed by atoms with E-state index in [2.05, 4.69) is 48.8 Å². The van der Waals surface area contributed by atoms with Gasteiger partial charge in [-0.25, -0.2) is 9.97 Å². The normalized spacial score (nSPS) is 18.1. The average Bonchev–Trinajstić information content (AvgIpc) is 3.45. The summed E-state index contributed by atoms with van der Waals surface area (Å²) < 4.78 is 5.69. The Morgan fingerprint density at radius 2 is 2.03 bits per heavy atom. The van der Waals surface area contributed by atoms with Gasteiger partial charge in [0.25, 0.3) is 5.69 Å². The minimum Gasteiger partial charge on any atom is -0.494 e. The second-order valence-corrected chi connectivity index (χ2v) is 10.8. The van der Waals surface area contributed by atoms with Crippen LogP contribution in [0.5, 0.6) is 5.75 Å². The molecule has 1 saturated heterocycles. The predicted octanol–water partition coefficient (Wildman–Crippen LogP) is 4.49. The Morgan fingerprint density at radius 3 is 2.76 bits per heavy atom. The van der Waals surface area contributed by atoms with E-state index in [4.69, 9.17) is 4.74 Å². The molecule has 0 spiro atoms. The zero-order valence-corrected chi connectivity index (χ0v) is 22.5. The van der Waals surface area contributed by atoms with Crippen LogP contribution >= 0.6 is 0 Å². The molecule has 2 aliphatic rings. The van der Waals surface area contributed by atoms with E-state index in [1.807, 2.05) is 38.5 Å². The van der Waals surface area contributed by atoms with Crippen LogP contribution in [-0.4, -0.2) is 71.7 Å². The van der Waals surface area contributed by atoms with E-state index in [0.717, 1.165) is 49.7 Å². The number of nitrogens with one attached hydrogen (secondary N) is 1. The molecule has 0 bridgehead atoms. The highest BCUT2D eigenvalue weighted by Crippen LogP contribution is 2.44. The fourth-order valence-corrected chi connectivity index (χ4v) is 5.56. The van der Waals surface area contributed by atoms with Crippen molar-refractivity contribution in [2.45, 2.75) is 38.1 Å². The third-order valence-corrected chi connectivity index (χ3v) is 7.22. The summed E-state index contributed by atoms with van der Waals surface area (Å²) >= 11 is 0. The van der Waals surface area contributed by atoms with Gasteiger partial charge in [0.15, 0.2) is 0 Å². The Balaban J connectivity index is 1.47. The number of rotatable bonds is 8. The van der Waals surface area contributed by atoms with Crippen molar-refractivity contribution in [3.05, 3.63) is 58.7 Å². The minimum absolute atomic E-state index is 0.0366. The number of nitro benzene ring substituents is 1. The maximum atomic E-state index is 12.2. The van der Waals surface area contributed by atoms with Crippen molar-refractivity contribution in [3.8, 4) is 5.75 Å². The minimum atomic E-state index is -0.327. The molecule has 2 aromatic heterocycles. The first kappa shape index (κ1) is 25.7. The molecule has 200 valence electrons. The van der Waals surface area contributed by atoms with Crippen molar-refractivity contribution in [2.75, 3.05) is 56.0 Å². The maximum Gasteiger partial charge on any atom is 0.294 e. The average molecular weight is 519 g/mol. The lowest BCUT2D eigenvalue weighted by atomic mass is 9.91. The quantitative estimate of drug-likeness (QED) is 0.338. The zero-order chi connectivity index (χ0) is 27.0. The van der Waals surface area contributed by atoms with E-state index in [1.165, 1.54) is 6.33 Å². The molecule has 1 fully saturated rings. The summed E-state index contributed by atoms with van der Waals surface area (Å²) in [5.74, 6) is 1.74. The molecule has 1 N–H and O–H groups in total. The monoisotopic (exact) mass is 518 g/mol. The Bertz CT molecular complexity index is 1350. The predicted molar refractivity (Wildman–Crippen MR) is 148 cm³/mol. The summed E-state index contributed by atoms with van der Waals surface area (Å²) in [6, 6.07) is 9.31. The molecule has 1 atom stereocenters. The molecule has 1 unspecified atom stereocenters. The highest BCUT2D eigenvalue weighted by Gasteiger charge is 2.37. The smallest absolute Gasteiger partial charge is 0.294 e. The number of anilines is 5. The molecule has 0 amide bonds. The third kappa shape index (κ3) is 4.81. The summed E-state index contributed by atoms with van der Waals surface area (Å²) in [5.41, 5.74) is 2.99. The van der Waals surface area contributed by atoms with Gasteiger partial charge in [-0.1, -0.05) is 13.8 Å². The van der Waals surface area contributed by atoms with Gasteiger partial charge in [0.1, 0.15) is 29.4 Å². The van der Waals surface area contributed by atoms with Crippen LogP contribution in [-0.2, 0) is 5.41 Å². The van der Waals surface area contributed by atoms with Crippen molar-refractivity contribution in [1.29, 1.82) is 0 Å². The third-order valence-electron chi connectivity index (χ3n) is 7.22. The maximum absolute atomic E-state index is 12.2. The molecule has 11 heteroatoms. The van der Waals surface area contributed by atoms with Crippen molar-refractivity contribution < 1.29 is 9.66 Å². The SMILES string of the molecule is COc1cc(N2CCCC2CN(C)C)c([N+](=O)[O-])cc1Nc1cc(N2CC(C)(C)c3ncccc32)ncn1. The standard InChI is InChI=1S/C27H34N8O3/c1-27(2)16-34(20-9-6-10-28-26(20)27)25-14-24(29-17-30-25)31-19-12-22(35(36)37)21(13-23(19)38-5)33-11-7-8-18(33)15-32(3)4/h6,9-10,12-14,17-18H,7-8,11,15-16H2,1-5H3,(H,29,30,31). The molecule has 3 aromatic rings. The number of nitrogens with zero attached hydrogens (tertiary/aromatic N) is 7. The van der Waals surface area contributed by atoms with E-state index in [1.54, 1.807) is 19.2 Å². The van der Waals surface area contributed by atoms with Gasteiger partial charge in [-0.3, -0.25) is 15.1 Å². The van der Waals surface area contributed by atoms with Crippen LogP contribution in [0, 0.1) is 10.1 Å². The number of hydrogen-bond acceptors (Lipinski definition) is 10. The molecule has 11 nitrogen and oxygen atoms in total. The number of nitro groups is 1. The van der Waals surface area contributed by atoms with Gasteiger partial charge in [0.05, 0.1) is 29.1 Å². The van der Waals surface area contributed by atoms with Gasteiger partial charge in [0, 0.05) is 55.5 Å². The molecule has 5 rings (SSSR count). The number of ether oxygens (including phenoxy) is 1. The number of likely N-dealkylation sites (N-methyl/N-ethyl adjacent to an activating group) is 1. The van der Waals surface area contributed by atoms with Crippen molar-refractivity contribution >= 4 is 34.4 Å². The first-order valence-electron chi connectivity index (χ1n) is 12.8. The van der Waals surface area contributed by atoms with Crippen molar-refractivity contribution in [3.63, 3.8) is 0 Å². The molecule has 0 aliphatic carbocycles. The van der Waals surface area contributed by atoms with Crippen molar-refractivity contribution in [1.82, 2.24) is 19.9 Å². The number of fused-ring (bicyclic) bond motifs is 1. The largest absolute Gasteiger partial charge is 0.494 e. The lowest BCUT2D eigenvalue weighted by Crippen LogP contribution is -2.37. The number of pyridine rings is 1. The summed E-state index contributed by atoms with van der Waals surface area (Å²) in [6.07, 6.45) is 5.29. The molecular formula is C27H34N8O3. The Kier molecular flexibility index (Phi) is 6.78. The molecule has 0 saturated carbocycles. The van der Waals surface area contributed by atoms with Crippen LogP contribution in [0.25, 0.3) is 0 Å². The number of methoxy groups -OCH3 is 1. The molecule has 38 heavy (non-hydrogen) atoms. The fourth-order valence-electron chi connectivity index (χ4n) is 5.56. The van der Waals surface area contributed by atoms with E-state index in [0.29, 0.717) is 22.9 Å². The second kappa shape index (κ2) is 10.1. The number of hydrogen-bond donors (Lipinski definition) is 1. The Morgan fingerprint density at radius 1 is 1.21 bits per heavy atom. The van der Waals surface area contributed by atoms with Crippen LogP contribution in [0.4, 0.5) is 34.4 Å². The summed E-state index contributed by atoms with van der Waals surface area (Å²) in [6.45, 7) is 6.65. The van der Waals surface area contributed by atoms with E-state index >= 15 is 0 Å². The second-order valence-electron chi connectivity index (χ2n) is 10.8. The number of aromatic nitrogens is 3. The van der Waals surface area contributed by atoms with Gasteiger partial charge < -0.3 is 24.8 Å². The number of benzene rings is 1. The fraction of sp³-hybridized carbons (Fsp3) is 0.444. The highest BCUT2D eigenvalue weighted by molar-refractivity contribution is 5.78. The van der Waals surface area contributed by atoms with Gasteiger partial charge >= 0.3 is 0 Å². The molecular weight excluding hydrogens is 484 g/mol.